The number of piperazine rings is 1. The zero-order valence-electron chi connectivity index (χ0n) is 16.3. The summed E-state index contributed by atoms with van der Waals surface area (Å²) in [5.41, 5.74) is 2.21. The molecular formula is C20H28FN5S. The van der Waals surface area contributed by atoms with E-state index in [0.29, 0.717) is 0 Å². The third-order valence-corrected chi connectivity index (χ3v) is 5.84. The van der Waals surface area contributed by atoms with Crippen molar-refractivity contribution in [1.29, 1.82) is 0 Å². The van der Waals surface area contributed by atoms with Gasteiger partial charge in [0.25, 0.3) is 0 Å². The molecule has 1 aromatic heterocycles. The maximum atomic E-state index is 13.1. The number of nitrogens with zero attached hydrogens (tertiary/aromatic N) is 4. The van der Waals surface area contributed by atoms with E-state index in [2.05, 4.69) is 40.9 Å². The molecule has 2 heterocycles. The van der Waals surface area contributed by atoms with Crippen molar-refractivity contribution in [2.24, 2.45) is 4.99 Å². The van der Waals surface area contributed by atoms with Crippen LogP contribution in [0, 0.1) is 19.7 Å². The number of benzene rings is 1. The molecule has 146 valence electrons. The summed E-state index contributed by atoms with van der Waals surface area (Å²) in [7, 11) is 0. The lowest BCUT2D eigenvalue weighted by molar-refractivity contribution is 0.372. The summed E-state index contributed by atoms with van der Waals surface area (Å²) < 4.78 is 13.1. The van der Waals surface area contributed by atoms with E-state index in [1.54, 1.807) is 11.3 Å². The summed E-state index contributed by atoms with van der Waals surface area (Å²) in [4.78, 5) is 15.3. The van der Waals surface area contributed by atoms with Crippen LogP contribution in [0.5, 0.6) is 0 Å². The van der Waals surface area contributed by atoms with Gasteiger partial charge in [0.05, 0.1) is 10.7 Å². The van der Waals surface area contributed by atoms with Crippen molar-refractivity contribution in [1.82, 2.24) is 15.2 Å². The van der Waals surface area contributed by atoms with E-state index in [1.807, 2.05) is 12.1 Å². The number of aliphatic imine (C=N–C) groups is 1. The van der Waals surface area contributed by atoms with E-state index >= 15 is 0 Å². The molecule has 0 bridgehead atoms. The molecule has 0 amide bonds. The van der Waals surface area contributed by atoms with Crippen LogP contribution in [-0.4, -0.2) is 55.1 Å². The molecule has 0 radical (unpaired) electrons. The smallest absolute Gasteiger partial charge is 0.194 e. The lowest BCUT2D eigenvalue weighted by atomic mass is 10.2. The molecule has 3 rings (SSSR count). The van der Waals surface area contributed by atoms with E-state index in [0.717, 1.165) is 68.0 Å². The molecule has 7 heteroatoms. The number of hydrogen-bond acceptors (Lipinski definition) is 4. The van der Waals surface area contributed by atoms with Crippen molar-refractivity contribution in [2.45, 2.75) is 27.2 Å². The molecule has 1 aliphatic heterocycles. The summed E-state index contributed by atoms with van der Waals surface area (Å²) in [5.74, 6) is 0.792. The number of nitrogens with one attached hydrogen (secondary N) is 1. The van der Waals surface area contributed by atoms with Gasteiger partial charge in [0.1, 0.15) is 5.82 Å². The number of anilines is 1. The van der Waals surface area contributed by atoms with E-state index in [-0.39, 0.29) is 5.82 Å². The largest absolute Gasteiger partial charge is 0.368 e. The quantitative estimate of drug-likeness (QED) is 0.630. The van der Waals surface area contributed by atoms with E-state index in [1.165, 1.54) is 17.0 Å². The van der Waals surface area contributed by atoms with Crippen LogP contribution in [0.25, 0.3) is 0 Å². The fourth-order valence-electron chi connectivity index (χ4n) is 3.32. The third-order valence-electron chi connectivity index (χ3n) is 4.71. The Morgan fingerprint density at radius 1 is 1.19 bits per heavy atom. The van der Waals surface area contributed by atoms with Crippen molar-refractivity contribution in [3.05, 3.63) is 45.7 Å². The van der Waals surface area contributed by atoms with Crippen molar-refractivity contribution in [2.75, 3.05) is 44.2 Å². The highest BCUT2D eigenvalue weighted by Gasteiger charge is 2.19. The summed E-state index contributed by atoms with van der Waals surface area (Å²) >= 11 is 1.77. The topological polar surface area (TPSA) is 43.8 Å². The van der Waals surface area contributed by atoms with Gasteiger partial charge in [0.2, 0.25) is 0 Å². The van der Waals surface area contributed by atoms with Crippen LogP contribution in [-0.2, 0) is 6.42 Å². The average molecular weight is 390 g/mol. The van der Waals surface area contributed by atoms with Gasteiger partial charge in [-0.1, -0.05) is 0 Å². The highest BCUT2D eigenvalue weighted by molar-refractivity contribution is 7.11. The molecule has 0 spiro atoms. The van der Waals surface area contributed by atoms with E-state index < -0.39 is 0 Å². The standard InChI is InChI=1S/C20H28FN5S/c1-4-22-20(23-10-9-19-15(2)24-16(3)27-19)26-13-11-25(12-14-26)18-7-5-17(21)6-8-18/h5-8H,4,9-14H2,1-3H3,(H,22,23). The van der Waals surface area contributed by atoms with Gasteiger partial charge in [0.15, 0.2) is 5.96 Å². The zero-order valence-corrected chi connectivity index (χ0v) is 17.2. The first kappa shape index (κ1) is 19.6. The number of rotatable bonds is 5. The molecule has 1 aliphatic rings. The predicted molar refractivity (Wildman–Crippen MR) is 111 cm³/mol. The van der Waals surface area contributed by atoms with Crippen molar-refractivity contribution in [3.8, 4) is 0 Å². The van der Waals surface area contributed by atoms with Gasteiger partial charge in [-0.2, -0.15) is 0 Å². The Kier molecular flexibility index (Phi) is 6.66. The number of guanidine groups is 1. The number of thiazole rings is 1. The molecule has 0 aliphatic carbocycles. The molecule has 0 unspecified atom stereocenters. The van der Waals surface area contributed by atoms with Crippen LogP contribution in [0.4, 0.5) is 10.1 Å². The van der Waals surface area contributed by atoms with Crippen molar-refractivity contribution < 1.29 is 4.39 Å². The Morgan fingerprint density at radius 3 is 2.48 bits per heavy atom. The molecule has 2 aromatic rings. The van der Waals surface area contributed by atoms with Gasteiger partial charge in [-0.15, -0.1) is 11.3 Å². The van der Waals surface area contributed by atoms with Gasteiger partial charge >= 0.3 is 0 Å². The molecule has 1 saturated heterocycles. The maximum Gasteiger partial charge on any atom is 0.194 e. The second-order valence-corrected chi connectivity index (χ2v) is 7.97. The number of aryl methyl sites for hydroxylation is 2. The van der Waals surface area contributed by atoms with Gasteiger partial charge in [0, 0.05) is 56.3 Å². The Labute approximate surface area is 164 Å². The maximum absolute atomic E-state index is 13.1. The normalized spacial score (nSPS) is 15.3. The molecule has 0 saturated carbocycles. The first-order valence-corrected chi connectivity index (χ1v) is 10.3. The Morgan fingerprint density at radius 2 is 1.89 bits per heavy atom. The minimum atomic E-state index is -0.190. The monoisotopic (exact) mass is 389 g/mol. The van der Waals surface area contributed by atoms with Crippen molar-refractivity contribution in [3.63, 3.8) is 0 Å². The van der Waals surface area contributed by atoms with Gasteiger partial charge in [-0.3, -0.25) is 4.99 Å². The van der Waals surface area contributed by atoms with Crippen molar-refractivity contribution >= 4 is 23.0 Å². The van der Waals surface area contributed by atoms with E-state index in [9.17, 15) is 4.39 Å². The number of halogens is 1. The SMILES string of the molecule is CCNC(=NCCc1sc(C)nc1C)N1CCN(c2ccc(F)cc2)CC1. The Balaban J connectivity index is 1.57. The Bertz CT molecular complexity index is 763. The lowest BCUT2D eigenvalue weighted by Crippen LogP contribution is -2.52. The van der Waals surface area contributed by atoms with Gasteiger partial charge in [-0.05, 0) is 45.0 Å². The first-order valence-electron chi connectivity index (χ1n) is 9.53. The van der Waals surface area contributed by atoms with Crippen LogP contribution in [0.2, 0.25) is 0 Å². The summed E-state index contributed by atoms with van der Waals surface area (Å²) in [6.45, 7) is 11.5. The molecule has 27 heavy (non-hydrogen) atoms. The van der Waals surface area contributed by atoms with Crippen LogP contribution >= 0.6 is 11.3 Å². The molecule has 1 N–H and O–H groups in total. The zero-order chi connectivity index (χ0) is 19.2. The Hall–Kier alpha value is -2.15. The molecule has 1 aromatic carbocycles. The highest BCUT2D eigenvalue weighted by Crippen LogP contribution is 2.18. The second kappa shape index (κ2) is 9.17. The van der Waals surface area contributed by atoms with Crippen LogP contribution in [0.1, 0.15) is 22.5 Å². The van der Waals surface area contributed by atoms with E-state index in [4.69, 9.17) is 4.99 Å². The fraction of sp³-hybridized carbons (Fsp3) is 0.500. The lowest BCUT2D eigenvalue weighted by Gasteiger charge is -2.37. The molecule has 0 atom stereocenters. The molecule has 1 fully saturated rings. The number of aromatic nitrogens is 1. The predicted octanol–water partition coefficient (Wildman–Crippen LogP) is 3.23. The van der Waals surface area contributed by atoms with Crippen LogP contribution in [0.3, 0.4) is 0 Å². The summed E-state index contributed by atoms with van der Waals surface area (Å²) in [6, 6.07) is 6.75. The summed E-state index contributed by atoms with van der Waals surface area (Å²) in [6.07, 6.45) is 0.932. The molecule has 5 nitrogen and oxygen atoms in total. The average Bonchev–Trinajstić information content (AvgIpc) is 2.99. The highest BCUT2D eigenvalue weighted by atomic mass is 32.1. The van der Waals surface area contributed by atoms with Crippen LogP contribution in [0.15, 0.2) is 29.3 Å². The van der Waals surface area contributed by atoms with Crippen LogP contribution < -0.4 is 10.2 Å². The second-order valence-electron chi connectivity index (χ2n) is 6.68. The summed E-state index contributed by atoms with van der Waals surface area (Å²) in [5, 5.41) is 4.54. The minimum absolute atomic E-state index is 0.190. The fourth-order valence-corrected chi connectivity index (χ4v) is 4.25. The molecular weight excluding hydrogens is 361 g/mol. The number of hydrogen-bond donors (Lipinski definition) is 1. The minimum Gasteiger partial charge on any atom is -0.368 e. The van der Waals surface area contributed by atoms with Gasteiger partial charge < -0.3 is 15.1 Å². The van der Waals surface area contributed by atoms with Gasteiger partial charge in [-0.25, -0.2) is 9.37 Å². The first-order chi connectivity index (χ1) is 13.1. The third kappa shape index (κ3) is 5.19.